The second kappa shape index (κ2) is 8.34. The monoisotopic (exact) mass is 335 g/mol. The minimum Gasteiger partial charge on any atom is -0.477 e. The van der Waals surface area contributed by atoms with Crippen LogP contribution < -0.4 is 5.32 Å². The molecule has 0 atom stereocenters. The Hall–Kier alpha value is -2.33. The average Bonchev–Trinajstić information content (AvgIpc) is 2.49. The fourth-order valence-electron chi connectivity index (χ4n) is 1.96. The van der Waals surface area contributed by atoms with Gasteiger partial charge >= 0.3 is 5.97 Å². The Balaban J connectivity index is 3.39. The van der Waals surface area contributed by atoms with Crippen molar-refractivity contribution < 1.29 is 14.3 Å². The average molecular weight is 336 g/mol. The van der Waals surface area contributed by atoms with Crippen molar-refractivity contribution in [2.75, 3.05) is 0 Å². The van der Waals surface area contributed by atoms with Gasteiger partial charge in [0.1, 0.15) is 11.5 Å². The van der Waals surface area contributed by atoms with Gasteiger partial charge in [0, 0.05) is 16.3 Å². The van der Waals surface area contributed by atoms with Crippen LogP contribution in [0.2, 0.25) is 0 Å². The summed E-state index contributed by atoms with van der Waals surface area (Å²) >= 11 is 6.11. The molecule has 0 amide bonds. The van der Waals surface area contributed by atoms with Gasteiger partial charge in [-0.3, -0.25) is 0 Å². The summed E-state index contributed by atoms with van der Waals surface area (Å²) in [5.74, 6) is -1.56. The van der Waals surface area contributed by atoms with E-state index in [4.69, 9.17) is 11.6 Å². The zero-order valence-electron chi connectivity index (χ0n) is 13.3. The SMILES string of the molecule is C=C(C)N/C(=C\c1ccc(F)c(C(=C/C)/C(Cl)=C\C)c1)C(=O)O. The Labute approximate surface area is 140 Å². The summed E-state index contributed by atoms with van der Waals surface area (Å²) in [5.41, 5.74) is 1.84. The second-order valence-corrected chi connectivity index (χ2v) is 5.25. The van der Waals surface area contributed by atoms with Crippen molar-refractivity contribution in [1.29, 1.82) is 0 Å². The zero-order chi connectivity index (χ0) is 17.6. The van der Waals surface area contributed by atoms with E-state index in [0.29, 0.717) is 27.4 Å². The predicted octanol–water partition coefficient (Wildman–Crippen LogP) is 4.92. The fraction of sp³-hybridized carbons (Fsp3) is 0.167. The highest BCUT2D eigenvalue weighted by Crippen LogP contribution is 2.29. The molecule has 0 aromatic heterocycles. The number of carboxylic acids is 1. The molecule has 0 fully saturated rings. The van der Waals surface area contributed by atoms with Crippen LogP contribution in [-0.2, 0) is 4.79 Å². The van der Waals surface area contributed by atoms with E-state index in [1.165, 1.54) is 18.2 Å². The first-order valence-electron chi connectivity index (χ1n) is 6.96. The minimum atomic E-state index is -1.13. The topological polar surface area (TPSA) is 49.3 Å². The summed E-state index contributed by atoms with van der Waals surface area (Å²) in [7, 11) is 0. The van der Waals surface area contributed by atoms with Crippen LogP contribution in [-0.4, -0.2) is 11.1 Å². The Morgan fingerprint density at radius 1 is 1.35 bits per heavy atom. The summed E-state index contributed by atoms with van der Waals surface area (Å²) in [5, 5.41) is 12.3. The summed E-state index contributed by atoms with van der Waals surface area (Å²) in [6, 6.07) is 4.34. The van der Waals surface area contributed by atoms with Crippen LogP contribution in [0.1, 0.15) is 31.9 Å². The molecule has 0 unspecified atom stereocenters. The van der Waals surface area contributed by atoms with E-state index in [-0.39, 0.29) is 5.70 Å². The molecule has 1 aromatic rings. The van der Waals surface area contributed by atoms with Gasteiger partial charge in [-0.2, -0.15) is 0 Å². The van der Waals surface area contributed by atoms with Crippen molar-refractivity contribution >= 4 is 29.2 Å². The lowest BCUT2D eigenvalue weighted by atomic mass is 10.0. The number of halogens is 2. The third-order valence-corrected chi connectivity index (χ3v) is 3.39. The van der Waals surface area contributed by atoms with Crippen LogP contribution in [0.25, 0.3) is 11.6 Å². The first-order valence-corrected chi connectivity index (χ1v) is 7.33. The standard InChI is InChI=1S/C18H19ClFNO2/c1-5-13(15(19)6-2)14-9-12(7-8-16(14)20)10-17(18(22)23)21-11(3)4/h5-10,21H,3H2,1-2,4H3,(H,22,23)/b13-5-,15-6+,17-10-. The molecule has 5 heteroatoms. The molecule has 1 aromatic carbocycles. The molecule has 122 valence electrons. The van der Waals surface area contributed by atoms with E-state index in [2.05, 4.69) is 11.9 Å². The largest absolute Gasteiger partial charge is 0.477 e. The van der Waals surface area contributed by atoms with Crippen molar-refractivity contribution in [2.45, 2.75) is 20.8 Å². The van der Waals surface area contributed by atoms with Gasteiger partial charge in [0.15, 0.2) is 0 Å². The molecule has 0 aliphatic heterocycles. The Morgan fingerprint density at radius 2 is 2.00 bits per heavy atom. The quantitative estimate of drug-likeness (QED) is 0.573. The van der Waals surface area contributed by atoms with E-state index in [0.717, 1.165) is 0 Å². The molecule has 0 aliphatic carbocycles. The molecular formula is C18H19ClFNO2. The van der Waals surface area contributed by atoms with Gasteiger partial charge in [0.05, 0.1) is 0 Å². The van der Waals surface area contributed by atoms with Crippen LogP contribution in [0.3, 0.4) is 0 Å². The van der Waals surface area contributed by atoms with Crippen LogP contribution in [0.15, 0.2) is 53.4 Å². The number of carbonyl (C=O) groups is 1. The lowest BCUT2D eigenvalue weighted by Crippen LogP contribution is -2.17. The predicted molar refractivity (Wildman–Crippen MR) is 93.2 cm³/mol. The normalized spacial score (nSPS) is 13.0. The summed E-state index contributed by atoms with van der Waals surface area (Å²) in [6.07, 6.45) is 4.79. The van der Waals surface area contributed by atoms with Gasteiger partial charge in [0.2, 0.25) is 0 Å². The van der Waals surface area contributed by atoms with Gasteiger partial charge in [-0.1, -0.05) is 36.4 Å². The lowest BCUT2D eigenvalue weighted by Gasteiger charge is -2.10. The molecule has 1 rings (SSSR count). The number of benzene rings is 1. The van der Waals surface area contributed by atoms with E-state index < -0.39 is 11.8 Å². The summed E-state index contributed by atoms with van der Waals surface area (Å²) in [6.45, 7) is 8.78. The number of nitrogens with one attached hydrogen (secondary N) is 1. The maximum absolute atomic E-state index is 14.1. The van der Waals surface area contributed by atoms with Crippen molar-refractivity contribution in [3.8, 4) is 0 Å². The number of allylic oxidation sites excluding steroid dienone is 5. The van der Waals surface area contributed by atoms with Crippen LogP contribution in [0.5, 0.6) is 0 Å². The zero-order valence-corrected chi connectivity index (χ0v) is 14.0. The lowest BCUT2D eigenvalue weighted by molar-refractivity contribution is -0.132. The van der Waals surface area contributed by atoms with Crippen LogP contribution >= 0.6 is 11.6 Å². The van der Waals surface area contributed by atoms with Crippen molar-refractivity contribution in [3.63, 3.8) is 0 Å². The summed E-state index contributed by atoms with van der Waals surface area (Å²) in [4.78, 5) is 11.2. The van der Waals surface area contributed by atoms with Crippen molar-refractivity contribution in [1.82, 2.24) is 5.32 Å². The Bertz CT molecular complexity index is 718. The smallest absolute Gasteiger partial charge is 0.352 e. The molecule has 0 radical (unpaired) electrons. The minimum absolute atomic E-state index is 0.0470. The van der Waals surface area contributed by atoms with Gasteiger partial charge in [-0.15, -0.1) is 0 Å². The highest BCUT2D eigenvalue weighted by molar-refractivity contribution is 6.36. The highest BCUT2D eigenvalue weighted by atomic mass is 35.5. The van der Waals surface area contributed by atoms with E-state index >= 15 is 0 Å². The van der Waals surface area contributed by atoms with Gasteiger partial charge in [-0.05, 0) is 50.1 Å². The van der Waals surface area contributed by atoms with E-state index in [1.807, 2.05) is 0 Å². The molecule has 2 N–H and O–H groups in total. The molecule has 0 saturated carbocycles. The van der Waals surface area contributed by atoms with Crippen molar-refractivity contribution in [3.05, 3.63) is 70.3 Å². The summed E-state index contributed by atoms with van der Waals surface area (Å²) < 4.78 is 14.1. The van der Waals surface area contributed by atoms with Crippen LogP contribution in [0.4, 0.5) is 4.39 Å². The Kier molecular flexibility index (Phi) is 6.79. The number of hydrogen-bond donors (Lipinski definition) is 2. The molecule has 0 aliphatic rings. The number of rotatable bonds is 6. The third-order valence-electron chi connectivity index (χ3n) is 2.97. The van der Waals surface area contributed by atoms with E-state index in [1.54, 1.807) is 39.0 Å². The maximum Gasteiger partial charge on any atom is 0.352 e. The first-order chi connectivity index (χ1) is 10.8. The third kappa shape index (κ3) is 5.11. The molecule has 23 heavy (non-hydrogen) atoms. The van der Waals surface area contributed by atoms with E-state index in [9.17, 15) is 14.3 Å². The Morgan fingerprint density at radius 3 is 2.48 bits per heavy atom. The molecule has 0 spiro atoms. The fourth-order valence-corrected chi connectivity index (χ4v) is 2.18. The number of carboxylic acid groups (broad SMARTS) is 1. The molecule has 0 saturated heterocycles. The highest BCUT2D eigenvalue weighted by Gasteiger charge is 2.12. The first kappa shape index (κ1) is 18.7. The van der Waals surface area contributed by atoms with Gasteiger partial charge in [-0.25, -0.2) is 9.18 Å². The van der Waals surface area contributed by atoms with Gasteiger partial charge < -0.3 is 10.4 Å². The van der Waals surface area contributed by atoms with Gasteiger partial charge in [0.25, 0.3) is 0 Å². The van der Waals surface area contributed by atoms with Crippen molar-refractivity contribution in [2.24, 2.45) is 0 Å². The molecular weight excluding hydrogens is 317 g/mol. The number of aliphatic carboxylic acids is 1. The maximum atomic E-state index is 14.1. The molecule has 0 heterocycles. The second-order valence-electron chi connectivity index (χ2n) is 4.85. The van der Waals surface area contributed by atoms with Crippen LogP contribution in [0, 0.1) is 5.82 Å². The molecule has 0 bridgehead atoms. The number of hydrogen-bond acceptors (Lipinski definition) is 2. The molecule has 3 nitrogen and oxygen atoms in total.